The molecule has 0 atom stereocenters. The SMILES string of the molecule is O=c1nc(NN=Cc2cccc([N+](=O)[O-])c2)cn[nH]1. The van der Waals surface area contributed by atoms with Crippen molar-refractivity contribution in [1.82, 2.24) is 15.2 Å². The van der Waals surface area contributed by atoms with Crippen LogP contribution >= 0.6 is 0 Å². The van der Waals surface area contributed by atoms with Gasteiger partial charge < -0.3 is 0 Å². The lowest BCUT2D eigenvalue weighted by molar-refractivity contribution is -0.384. The molecule has 0 saturated heterocycles. The predicted octanol–water partition coefficient (Wildman–Crippen LogP) is 0.519. The minimum atomic E-state index is -0.601. The van der Waals surface area contributed by atoms with Crippen LogP contribution in [0.1, 0.15) is 5.56 Å². The average molecular weight is 260 g/mol. The molecule has 0 aliphatic rings. The highest BCUT2D eigenvalue weighted by molar-refractivity contribution is 5.81. The summed E-state index contributed by atoms with van der Waals surface area (Å²) < 4.78 is 0. The second-order valence-corrected chi connectivity index (χ2v) is 3.39. The number of nitro benzene ring substituents is 1. The number of aromatic amines is 1. The lowest BCUT2D eigenvalue weighted by Crippen LogP contribution is -2.13. The van der Waals surface area contributed by atoms with Gasteiger partial charge in [-0.2, -0.15) is 15.2 Å². The van der Waals surface area contributed by atoms with Crippen LogP contribution < -0.4 is 11.1 Å². The van der Waals surface area contributed by atoms with Gasteiger partial charge in [-0.15, -0.1) is 0 Å². The highest BCUT2D eigenvalue weighted by Crippen LogP contribution is 2.11. The number of nitrogens with zero attached hydrogens (tertiary/aromatic N) is 4. The van der Waals surface area contributed by atoms with E-state index in [1.54, 1.807) is 12.1 Å². The first-order chi connectivity index (χ1) is 9.15. The molecule has 2 aromatic rings. The second kappa shape index (κ2) is 5.49. The van der Waals surface area contributed by atoms with Gasteiger partial charge in [-0.25, -0.2) is 9.89 Å². The van der Waals surface area contributed by atoms with E-state index in [1.807, 2.05) is 0 Å². The van der Waals surface area contributed by atoms with Gasteiger partial charge >= 0.3 is 5.69 Å². The van der Waals surface area contributed by atoms with Crippen molar-refractivity contribution >= 4 is 17.7 Å². The first kappa shape index (κ1) is 12.4. The fourth-order valence-electron chi connectivity index (χ4n) is 1.26. The quantitative estimate of drug-likeness (QED) is 0.468. The van der Waals surface area contributed by atoms with E-state index >= 15 is 0 Å². The number of benzene rings is 1. The molecule has 96 valence electrons. The summed E-state index contributed by atoms with van der Waals surface area (Å²) >= 11 is 0. The van der Waals surface area contributed by atoms with Crippen LogP contribution in [0.2, 0.25) is 0 Å². The first-order valence-corrected chi connectivity index (χ1v) is 5.10. The van der Waals surface area contributed by atoms with Crippen molar-refractivity contribution in [3.63, 3.8) is 0 Å². The number of aromatic nitrogens is 3. The number of H-pyrrole nitrogens is 1. The van der Waals surface area contributed by atoms with E-state index in [9.17, 15) is 14.9 Å². The van der Waals surface area contributed by atoms with Crippen molar-refractivity contribution in [2.45, 2.75) is 0 Å². The van der Waals surface area contributed by atoms with E-state index in [4.69, 9.17) is 0 Å². The van der Waals surface area contributed by atoms with Gasteiger partial charge in [0, 0.05) is 17.7 Å². The van der Waals surface area contributed by atoms with Crippen molar-refractivity contribution < 1.29 is 4.92 Å². The molecule has 2 rings (SSSR count). The lowest BCUT2D eigenvalue weighted by atomic mass is 10.2. The third kappa shape index (κ3) is 3.43. The molecular weight excluding hydrogens is 252 g/mol. The molecule has 0 fully saturated rings. The molecule has 1 aromatic heterocycles. The molecule has 0 aliphatic carbocycles. The summed E-state index contributed by atoms with van der Waals surface area (Å²) in [4.78, 5) is 24.5. The molecule has 0 aliphatic heterocycles. The van der Waals surface area contributed by atoms with Gasteiger partial charge in [0.15, 0.2) is 5.82 Å². The van der Waals surface area contributed by atoms with Crippen molar-refractivity contribution in [1.29, 1.82) is 0 Å². The van der Waals surface area contributed by atoms with E-state index in [2.05, 4.69) is 25.7 Å². The van der Waals surface area contributed by atoms with Gasteiger partial charge in [0.2, 0.25) is 0 Å². The maximum absolute atomic E-state index is 10.8. The van der Waals surface area contributed by atoms with E-state index in [0.29, 0.717) is 5.56 Å². The molecule has 1 heterocycles. The van der Waals surface area contributed by atoms with Crippen LogP contribution in [0.5, 0.6) is 0 Å². The minimum absolute atomic E-state index is 0.0279. The standard InChI is InChI=1S/C10H8N6O3/c17-10-13-9(6-12-15-10)14-11-5-7-2-1-3-8(4-7)16(18)19/h1-6H,(H2,13,14,15,17). The highest BCUT2D eigenvalue weighted by atomic mass is 16.6. The molecule has 0 radical (unpaired) electrons. The molecular formula is C10H8N6O3. The van der Waals surface area contributed by atoms with Gasteiger partial charge in [-0.3, -0.25) is 15.5 Å². The normalized spacial score (nSPS) is 10.5. The molecule has 0 bridgehead atoms. The van der Waals surface area contributed by atoms with Crippen molar-refractivity contribution in [3.8, 4) is 0 Å². The molecule has 1 aromatic carbocycles. The number of hydrogen-bond donors (Lipinski definition) is 2. The van der Waals surface area contributed by atoms with Gasteiger partial charge in [0.05, 0.1) is 17.3 Å². The van der Waals surface area contributed by atoms with Gasteiger partial charge in [0.25, 0.3) is 5.69 Å². The minimum Gasteiger partial charge on any atom is -0.260 e. The van der Waals surface area contributed by atoms with Gasteiger partial charge in [-0.05, 0) is 0 Å². The summed E-state index contributed by atoms with van der Waals surface area (Å²) in [5, 5.41) is 20.0. The Morgan fingerprint density at radius 3 is 3.05 bits per heavy atom. The fourth-order valence-corrected chi connectivity index (χ4v) is 1.26. The zero-order chi connectivity index (χ0) is 13.7. The summed E-state index contributed by atoms with van der Waals surface area (Å²) in [6, 6.07) is 5.95. The monoisotopic (exact) mass is 260 g/mol. The zero-order valence-corrected chi connectivity index (χ0v) is 9.48. The molecule has 0 saturated carbocycles. The van der Waals surface area contributed by atoms with Crippen molar-refractivity contribution in [3.05, 3.63) is 56.6 Å². The molecule has 0 unspecified atom stereocenters. The smallest absolute Gasteiger partial charge is 0.260 e. The largest absolute Gasteiger partial charge is 0.363 e. The maximum Gasteiger partial charge on any atom is 0.363 e. The predicted molar refractivity (Wildman–Crippen MR) is 67.0 cm³/mol. The number of hydrogen-bond acceptors (Lipinski definition) is 7. The Hall–Kier alpha value is -3.10. The Balaban J connectivity index is 2.09. The lowest BCUT2D eigenvalue weighted by Gasteiger charge is -1.96. The average Bonchev–Trinajstić information content (AvgIpc) is 2.39. The van der Waals surface area contributed by atoms with Gasteiger partial charge in [-0.1, -0.05) is 12.1 Å². The number of nitro groups is 1. The molecule has 19 heavy (non-hydrogen) atoms. The number of hydrazone groups is 1. The van der Waals surface area contributed by atoms with E-state index in [1.165, 1.54) is 24.5 Å². The zero-order valence-electron chi connectivity index (χ0n) is 9.48. The topological polar surface area (TPSA) is 126 Å². The van der Waals surface area contributed by atoms with Gasteiger partial charge in [0.1, 0.15) is 0 Å². The highest BCUT2D eigenvalue weighted by Gasteiger charge is 2.03. The number of non-ortho nitro benzene ring substituents is 1. The third-order valence-corrected chi connectivity index (χ3v) is 2.04. The molecule has 0 spiro atoms. The molecule has 9 nitrogen and oxygen atoms in total. The van der Waals surface area contributed by atoms with Crippen LogP contribution in [0, 0.1) is 10.1 Å². The first-order valence-electron chi connectivity index (χ1n) is 5.10. The van der Waals surface area contributed by atoms with E-state index in [0.717, 1.165) is 0 Å². The molecule has 0 amide bonds. The Kier molecular flexibility index (Phi) is 3.57. The van der Waals surface area contributed by atoms with E-state index < -0.39 is 10.6 Å². The molecule has 9 heteroatoms. The molecule has 2 N–H and O–H groups in total. The van der Waals surface area contributed by atoms with Crippen LogP contribution in [-0.2, 0) is 0 Å². The number of rotatable bonds is 4. The Bertz CT molecular complexity index is 681. The summed E-state index contributed by atoms with van der Waals surface area (Å²) in [5.41, 5.74) is 2.40. The van der Waals surface area contributed by atoms with Crippen LogP contribution in [0.4, 0.5) is 11.5 Å². The Morgan fingerprint density at radius 2 is 2.32 bits per heavy atom. The second-order valence-electron chi connectivity index (χ2n) is 3.39. The number of nitrogens with one attached hydrogen (secondary N) is 2. The fraction of sp³-hybridized carbons (Fsp3) is 0. The van der Waals surface area contributed by atoms with Crippen LogP contribution in [0.3, 0.4) is 0 Å². The summed E-state index contributed by atoms with van der Waals surface area (Å²) in [5.74, 6) is 0.172. The van der Waals surface area contributed by atoms with Crippen LogP contribution in [0.25, 0.3) is 0 Å². The van der Waals surface area contributed by atoms with Crippen molar-refractivity contribution in [2.75, 3.05) is 5.43 Å². The Morgan fingerprint density at radius 1 is 1.47 bits per heavy atom. The van der Waals surface area contributed by atoms with Crippen LogP contribution in [0.15, 0.2) is 40.4 Å². The van der Waals surface area contributed by atoms with E-state index in [-0.39, 0.29) is 11.5 Å². The summed E-state index contributed by atoms with van der Waals surface area (Å²) in [7, 11) is 0. The third-order valence-electron chi connectivity index (χ3n) is 2.04. The summed E-state index contributed by atoms with van der Waals surface area (Å²) in [6.07, 6.45) is 2.65. The van der Waals surface area contributed by atoms with Crippen LogP contribution in [-0.4, -0.2) is 26.3 Å². The number of anilines is 1. The Labute approximate surface area is 106 Å². The summed E-state index contributed by atoms with van der Waals surface area (Å²) in [6.45, 7) is 0. The maximum atomic E-state index is 10.8. The van der Waals surface area contributed by atoms with Crippen molar-refractivity contribution in [2.24, 2.45) is 5.10 Å².